The lowest BCUT2D eigenvalue weighted by Gasteiger charge is -2.41. The predicted octanol–water partition coefficient (Wildman–Crippen LogP) is 8.19. The molecule has 2 saturated heterocycles. The Balaban J connectivity index is 0.788. The van der Waals surface area contributed by atoms with E-state index in [1.165, 1.54) is 23.4 Å². The highest BCUT2D eigenvalue weighted by molar-refractivity contribution is 6.06. The summed E-state index contributed by atoms with van der Waals surface area (Å²) in [5.41, 5.74) is 11.7. The van der Waals surface area contributed by atoms with Crippen LogP contribution < -0.4 is 25.8 Å². The van der Waals surface area contributed by atoms with Crippen LogP contribution in [0.5, 0.6) is 0 Å². The number of carbonyl (C=O) groups is 2. The third kappa shape index (κ3) is 8.02. The molecule has 3 aromatic rings. The first-order chi connectivity index (χ1) is 28.5. The zero-order valence-electron chi connectivity index (χ0n) is 34.8. The van der Waals surface area contributed by atoms with Crippen molar-refractivity contribution < 1.29 is 18.7 Å². The van der Waals surface area contributed by atoms with E-state index in [0.29, 0.717) is 60.4 Å². The van der Waals surface area contributed by atoms with Crippen molar-refractivity contribution in [2.24, 2.45) is 17.3 Å². The van der Waals surface area contributed by atoms with Gasteiger partial charge in [-0.05, 0) is 135 Å². The monoisotopic (exact) mass is 800 g/mol. The van der Waals surface area contributed by atoms with Gasteiger partial charge in [0.15, 0.2) is 0 Å². The molecule has 310 valence electrons. The molecule has 1 spiro atoms. The molecule has 11 nitrogen and oxygen atoms in total. The topological polar surface area (TPSA) is 115 Å². The van der Waals surface area contributed by atoms with Gasteiger partial charge in [0.2, 0.25) is 11.9 Å². The van der Waals surface area contributed by atoms with Crippen molar-refractivity contribution in [2.45, 2.75) is 91.5 Å². The van der Waals surface area contributed by atoms with E-state index in [1.54, 1.807) is 11.0 Å². The highest BCUT2D eigenvalue weighted by Crippen LogP contribution is 2.51. The first-order valence-electron chi connectivity index (χ1n) is 21.6. The normalized spacial score (nSPS) is 23.0. The van der Waals surface area contributed by atoms with Crippen LogP contribution in [0.1, 0.15) is 87.6 Å². The smallest absolute Gasteiger partial charge is 0.328 e. The van der Waals surface area contributed by atoms with Gasteiger partial charge < -0.3 is 25.2 Å². The molecule has 2 atom stereocenters. The number of urea groups is 1. The second-order valence-electron chi connectivity index (χ2n) is 17.9. The third-order valence-electron chi connectivity index (χ3n) is 13.9. The molecular formula is C47H57FN8O3. The fraction of sp³-hybridized carbons (Fsp3) is 0.489. The van der Waals surface area contributed by atoms with E-state index in [4.69, 9.17) is 9.72 Å². The van der Waals surface area contributed by atoms with E-state index in [9.17, 15) is 9.59 Å². The number of amides is 3. The van der Waals surface area contributed by atoms with Gasteiger partial charge in [-0.1, -0.05) is 25.1 Å². The molecule has 2 unspecified atom stereocenters. The van der Waals surface area contributed by atoms with Crippen molar-refractivity contribution in [1.82, 2.24) is 25.5 Å². The van der Waals surface area contributed by atoms with Crippen LogP contribution in [-0.2, 0) is 28.9 Å². The summed E-state index contributed by atoms with van der Waals surface area (Å²) >= 11 is 0. The molecule has 0 radical (unpaired) electrons. The van der Waals surface area contributed by atoms with Gasteiger partial charge in [-0.3, -0.25) is 15.0 Å². The molecule has 1 saturated carbocycles. The molecule has 59 heavy (non-hydrogen) atoms. The second-order valence-corrected chi connectivity index (χ2v) is 17.9. The SMILES string of the molecule is C=C(Cc1ccc(Nc2ncc3c(n2)CN(C2=C(C)C4=C(CC(C)C2)OCCN4)CC3)cc1F)C1CCC2(CCN(c3ccc(N4CCC(=O)NC4=O)c(C)c3)CC2)C1. The summed E-state index contributed by atoms with van der Waals surface area (Å²) in [6, 6.07) is 11.3. The van der Waals surface area contributed by atoms with Gasteiger partial charge in [0, 0.05) is 74.5 Å². The number of fused-ring (bicyclic) bond motifs is 1. The Hall–Kier alpha value is -5.39. The van der Waals surface area contributed by atoms with Crippen LogP contribution in [-0.4, -0.2) is 66.1 Å². The number of hydrogen-bond donors (Lipinski definition) is 3. The number of imide groups is 1. The molecule has 0 bridgehead atoms. The molecular weight excluding hydrogens is 744 g/mol. The number of aryl methyl sites for hydroxylation is 1. The van der Waals surface area contributed by atoms with E-state index in [1.807, 2.05) is 31.3 Å². The molecule has 6 aliphatic rings. The number of carbonyl (C=O) groups excluding carboxylic acids is 2. The van der Waals surface area contributed by atoms with Gasteiger partial charge >= 0.3 is 6.03 Å². The summed E-state index contributed by atoms with van der Waals surface area (Å²) in [5.74, 6) is 1.98. The number of benzene rings is 2. The summed E-state index contributed by atoms with van der Waals surface area (Å²) in [7, 11) is 0. The Morgan fingerprint density at radius 3 is 2.68 bits per heavy atom. The van der Waals surface area contributed by atoms with Gasteiger partial charge in [-0.15, -0.1) is 0 Å². The number of piperidine rings is 1. The lowest BCUT2D eigenvalue weighted by molar-refractivity contribution is -0.120. The number of halogens is 1. The molecule has 3 N–H and O–H groups in total. The standard InChI is InChI=1S/C47H57FN8O3/c1-29-21-41(32(4)44-42(22-29)59-20-15-49-44)55-16-10-35-27-50-45(52-39(35)28-55)51-36-6-5-33(38(48)25-36)23-30(2)34-9-12-47(26-34)13-18-54(19-14-47)37-7-8-40(31(3)24-37)56-17-11-43(57)53-46(56)58/h5-8,24-25,27,29,34,49H,2,9-23,26,28H2,1,3-4H3,(H,50,51,52)(H,53,57,58). The summed E-state index contributed by atoms with van der Waals surface area (Å²) in [4.78, 5) is 40.2. The minimum absolute atomic E-state index is 0.224. The van der Waals surface area contributed by atoms with Crippen LogP contribution in [0.2, 0.25) is 0 Å². The van der Waals surface area contributed by atoms with E-state index in [-0.39, 0.29) is 17.8 Å². The summed E-state index contributed by atoms with van der Waals surface area (Å²) in [6.45, 7) is 16.6. The number of nitrogens with one attached hydrogen (secondary N) is 3. The van der Waals surface area contributed by atoms with Crippen molar-refractivity contribution in [3.8, 4) is 0 Å². The Morgan fingerprint density at radius 1 is 1.03 bits per heavy atom. The van der Waals surface area contributed by atoms with Crippen LogP contribution in [0.15, 0.2) is 77.5 Å². The van der Waals surface area contributed by atoms with Gasteiger partial charge in [-0.25, -0.2) is 19.2 Å². The molecule has 3 fully saturated rings. The maximum absolute atomic E-state index is 15.7. The quantitative estimate of drug-likeness (QED) is 0.194. The Bertz CT molecular complexity index is 2240. The Kier molecular flexibility index (Phi) is 10.6. The average molecular weight is 801 g/mol. The van der Waals surface area contributed by atoms with Crippen LogP contribution in [0, 0.1) is 30.0 Å². The third-order valence-corrected chi connectivity index (χ3v) is 13.9. The molecule has 2 aliphatic carbocycles. The van der Waals surface area contributed by atoms with Crippen LogP contribution in [0.4, 0.5) is 32.2 Å². The van der Waals surface area contributed by atoms with E-state index in [2.05, 4.69) is 63.3 Å². The highest BCUT2D eigenvalue weighted by Gasteiger charge is 2.42. The summed E-state index contributed by atoms with van der Waals surface area (Å²) < 4.78 is 21.8. The molecule has 9 rings (SSSR count). The van der Waals surface area contributed by atoms with Crippen molar-refractivity contribution in [3.05, 3.63) is 106 Å². The molecule has 12 heteroatoms. The number of hydrogen-bond acceptors (Lipinski definition) is 9. The predicted molar refractivity (Wildman–Crippen MR) is 229 cm³/mol. The second kappa shape index (κ2) is 16.0. The number of nitrogens with zero attached hydrogens (tertiary/aromatic N) is 5. The zero-order valence-corrected chi connectivity index (χ0v) is 34.8. The minimum atomic E-state index is -0.354. The summed E-state index contributed by atoms with van der Waals surface area (Å²) in [5, 5.41) is 9.31. The molecule has 5 heterocycles. The molecule has 1 aromatic heterocycles. The van der Waals surface area contributed by atoms with Gasteiger partial charge in [0.05, 0.1) is 17.9 Å². The van der Waals surface area contributed by atoms with Crippen LogP contribution >= 0.6 is 0 Å². The number of anilines is 4. The van der Waals surface area contributed by atoms with E-state index >= 15 is 4.39 Å². The average Bonchev–Trinajstić information content (AvgIpc) is 3.59. The molecule has 3 amide bonds. The maximum Gasteiger partial charge on any atom is 0.328 e. The fourth-order valence-electron chi connectivity index (χ4n) is 10.5. The first kappa shape index (κ1) is 39.1. The van der Waals surface area contributed by atoms with Gasteiger partial charge in [0.25, 0.3) is 0 Å². The number of allylic oxidation sites excluding steroid dienone is 4. The van der Waals surface area contributed by atoms with Crippen LogP contribution in [0.3, 0.4) is 0 Å². The number of aromatic nitrogens is 2. The lowest BCUT2D eigenvalue weighted by atomic mass is 9.75. The van der Waals surface area contributed by atoms with Gasteiger partial charge in [0.1, 0.15) is 18.2 Å². The highest BCUT2D eigenvalue weighted by atomic mass is 19.1. The van der Waals surface area contributed by atoms with Crippen molar-refractivity contribution in [1.29, 1.82) is 0 Å². The van der Waals surface area contributed by atoms with E-state index in [0.717, 1.165) is 117 Å². The maximum atomic E-state index is 15.7. The summed E-state index contributed by atoms with van der Waals surface area (Å²) in [6.07, 6.45) is 11.2. The molecule has 4 aliphatic heterocycles. The fourth-order valence-corrected chi connectivity index (χ4v) is 10.5. The van der Waals surface area contributed by atoms with Crippen molar-refractivity contribution in [3.63, 3.8) is 0 Å². The van der Waals surface area contributed by atoms with Gasteiger partial charge in [-0.2, -0.15) is 0 Å². The minimum Gasteiger partial charge on any atom is -0.494 e. The first-order valence-corrected chi connectivity index (χ1v) is 21.6. The van der Waals surface area contributed by atoms with Crippen molar-refractivity contribution in [2.75, 3.05) is 54.4 Å². The number of ether oxygens (including phenoxy) is 1. The molecule has 2 aromatic carbocycles. The largest absolute Gasteiger partial charge is 0.494 e. The number of rotatable bonds is 8. The van der Waals surface area contributed by atoms with E-state index < -0.39 is 0 Å². The van der Waals surface area contributed by atoms with Crippen molar-refractivity contribution >= 4 is 34.9 Å². The zero-order chi connectivity index (χ0) is 40.8. The Morgan fingerprint density at radius 2 is 1.88 bits per heavy atom. The van der Waals surface area contributed by atoms with Crippen LogP contribution in [0.25, 0.3) is 0 Å². The lowest BCUT2D eigenvalue weighted by Crippen LogP contribution is -2.49. The Labute approximate surface area is 347 Å².